The van der Waals surface area contributed by atoms with Gasteiger partial charge in [0.1, 0.15) is 0 Å². The summed E-state index contributed by atoms with van der Waals surface area (Å²) in [7, 11) is 0. The van der Waals surface area contributed by atoms with Gasteiger partial charge in [-0.25, -0.2) is 0 Å². The summed E-state index contributed by atoms with van der Waals surface area (Å²) in [6.45, 7) is 0. The smallest absolute Gasteiger partial charge is 0.0391 e. The molecule has 7 aromatic rings. The molecule has 0 unspecified atom stereocenters. The van der Waals surface area contributed by atoms with Crippen molar-refractivity contribution in [3.05, 3.63) is 121 Å². The van der Waals surface area contributed by atoms with Gasteiger partial charge in [-0.05, 0) is 69.1 Å². The Kier molecular flexibility index (Phi) is 4.39. The molecule has 0 radical (unpaired) electrons. The van der Waals surface area contributed by atoms with Gasteiger partial charge in [-0.3, -0.25) is 0 Å². The predicted octanol–water partition coefficient (Wildman–Crippen LogP) is 9.77. The normalized spacial score (nSPS) is 11.5. The number of thiophene rings is 1. The first kappa shape index (κ1) is 19.3. The number of hydrogen-bond acceptors (Lipinski definition) is 2. The molecule has 6 aromatic carbocycles. The molecule has 0 aliphatic rings. The van der Waals surface area contributed by atoms with E-state index in [0.717, 1.165) is 11.4 Å². The van der Waals surface area contributed by atoms with Crippen LogP contribution in [0.1, 0.15) is 0 Å². The maximum atomic E-state index is 3.66. The molecule has 0 saturated heterocycles. The fourth-order valence-corrected chi connectivity index (χ4v) is 6.14. The van der Waals surface area contributed by atoms with Crippen molar-refractivity contribution in [2.45, 2.75) is 0 Å². The molecular formula is C32H21NS. The lowest BCUT2D eigenvalue weighted by molar-refractivity contribution is 1.56. The lowest BCUT2D eigenvalue weighted by Gasteiger charge is -2.11. The molecule has 0 bridgehead atoms. The highest BCUT2D eigenvalue weighted by atomic mass is 32.1. The lowest BCUT2D eigenvalue weighted by atomic mass is 9.98. The van der Waals surface area contributed by atoms with E-state index in [1.165, 1.54) is 52.8 Å². The van der Waals surface area contributed by atoms with Crippen molar-refractivity contribution in [3.8, 4) is 11.1 Å². The molecule has 7 rings (SSSR count). The van der Waals surface area contributed by atoms with Crippen LogP contribution < -0.4 is 5.32 Å². The largest absolute Gasteiger partial charge is 0.355 e. The van der Waals surface area contributed by atoms with Gasteiger partial charge in [0.05, 0.1) is 0 Å². The molecule has 2 heteroatoms. The minimum Gasteiger partial charge on any atom is -0.355 e. The lowest BCUT2D eigenvalue weighted by Crippen LogP contribution is -1.91. The molecule has 1 heterocycles. The van der Waals surface area contributed by atoms with Crippen LogP contribution in [-0.2, 0) is 0 Å². The molecule has 34 heavy (non-hydrogen) atoms. The molecule has 0 amide bonds. The Morgan fingerprint density at radius 2 is 1.18 bits per heavy atom. The van der Waals surface area contributed by atoms with Crippen LogP contribution in [0.15, 0.2) is 121 Å². The molecular weight excluding hydrogens is 430 g/mol. The highest BCUT2D eigenvalue weighted by Gasteiger charge is 2.10. The van der Waals surface area contributed by atoms with Crippen LogP contribution in [0.4, 0.5) is 11.4 Å². The number of rotatable bonds is 3. The second-order valence-corrected chi connectivity index (χ2v) is 9.79. The first-order valence-corrected chi connectivity index (χ1v) is 12.3. The first-order chi connectivity index (χ1) is 16.8. The third-order valence-electron chi connectivity index (χ3n) is 6.61. The van der Waals surface area contributed by atoms with Gasteiger partial charge in [0.25, 0.3) is 0 Å². The Labute approximate surface area is 201 Å². The van der Waals surface area contributed by atoms with Gasteiger partial charge in [0, 0.05) is 31.5 Å². The first-order valence-electron chi connectivity index (χ1n) is 11.5. The Morgan fingerprint density at radius 3 is 2.09 bits per heavy atom. The fourth-order valence-electron chi connectivity index (χ4n) is 5.03. The summed E-state index contributed by atoms with van der Waals surface area (Å²) in [5.41, 5.74) is 4.67. The maximum Gasteiger partial charge on any atom is 0.0391 e. The van der Waals surface area contributed by atoms with E-state index in [0.29, 0.717) is 0 Å². The minimum atomic E-state index is 1.09. The predicted molar refractivity (Wildman–Crippen MR) is 150 cm³/mol. The number of hydrogen-bond donors (Lipinski definition) is 1. The van der Waals surface area contributed by atoms with Gasteiger partial charge >= 0.3 is 0 Å². The summed E-state index contributed by atoms with van der Waals surface area (Å²) in [5, 5.41) is 11.5. The number of fused-ring (bicyclic) bond motifs is 6. The van der Waals surface area contributed by atoms with E-state index in [1.54, 1.807) is 0 Å². The number of anilines is 2. The quantitative estimate of drug-likeness (QED) is 0.282. The van der Waals surface area contributed by atoms with E-state index in [1.807, 2.05) is 11.3 Å². The summed E-state index contributed by atoms with van der Waals surface area (Å²) in [6, 6.07) is 43.7. The van der Waals surface area contributed by atoms with Gasteiger partial charge < -0.3 is 5.32 Å². The van der Waals surface area contributed by atoms with Crippen molar-refractivity contribution in [2.24, 2.45) is 0 Å². The van der Waals surface area contributed by atoms with Crippen LogP contribution >= 0.6 is 11.3 Å². The van der Waals surface area contributed by atoms with E-state index in [2.05, 4.69) is 127 Å². The average Bonchev–Trinajstić information content (AvgIpc) is 3.27. The molecule has 0 aliphatic heterocycles. The summed E-state index contributed by atoms with van der Waals surface area (Å²) in [5.74, 6) is 0. The Morgan fingerprint density at radius 1 is 0.471 bits per heavy atom. The molecule has 0 spiro atoms. The van der Waals surface area contributed by atoms with Gasteiger partial charge in [-0.2, -0.15) is 0 Å². The van der Waals surface area contributed by atoms with E-state index < -0.39 is 0 Å². The van der Waals surface area contributed by atoms with Gasteiger partial charge in [-0.1, -0.05) is 84.9 Å². The second kappa shape index (κ2) is 7.72. The van der Waals surface area contributed by atoms with Gasteiger partial charge in [-0.15, -0.1) is 11.3 Å². The van der Waals surface area contributed by atoms with Crippen molar-refractivity contribution in [3.63, 3.8) is 0 Å². The zero-order valence-corrected chi connectivity index (χ0v) is 19.3. The van der Waals surface area contributed by atoms with E-state index in [-0.39, 0.29) is 0 Å². The highest BCUT2D eigenvalue weighted by molar-refractivity contribution is 7.26. The molecule has 0 fully saturated rings. The zero-order valence-electron chi connectivity index (χ0n) is 18.5. The highest BCUT2D eigenvalue weighted by Crippen LogP contribution is 2.40. The standard InChI is InChI=1S/C32H21NS/c1-3-12-26-21(7-1)9-6-14-27(26)23-10-5-11-24(19-23)33-25-16-18-30-29(20-25)32-28-13-4-2-8-22(28)15-17-31(32)34-30/h1-20,33H. The van der Waals surface area contributed by atoms with Crippen molar-refractivity contribution in [2.75, 3.05) is 5.32 Å². The average molecular weight is 452 g/mol. The van der Waals surface area contributed by atoms with Crippen LogP contribution in [0.25, 0.3) is 52.8 Å². The summed E-state index contributed by atoms with van der Waals surface area (Å²) in [4.78, 5) is 0. The van der Waals surface area contributed by atoms with Crippen molar-refractivity contribution < 1.29 is 0 Å². The molecule has 160 valence electrons. The van der Waals surface area contributed by atoms with Crippen LogP contribution in [0.2, 0.25) is 0 Å². The number of benzene rings is 6. The van der Waals surface area contributed by atoms with Crippen LogP contribution in [0.5, 0.6) is 0 Å². The van der Waals surface area contributed by atoms with Crippen molar-refractivity contribution in [1.29, 1.82) is 0 Å². The van der Waals surface area contributed by atoms with Crippen LogP contribution in [0.3, 0.4) is 0 Å². The summed E-state index contributed by atoms with van der Waals surface area (Å²) < 4.78 is 2.66. The Balaban J connectivity index is 1.32. The van der Waals surface area contributed by atoms with Gasteiger partial charge in [0.15, 0.2) is 0 Å². The maximum absolute atomic E-state index is 3.66. The topological polar surface area (TPSA) is 12.0 Å². The third kappa shape index (κ3) is 3.15. The monoisotopic (exact) mass is 451 g/mol. The second-order valence-electron chi connectivity index (χ2n) is 8.71. The molecule has 0 aliphatic carbocycles. The van der Waals surface area contributed by atoms with E-state index >= 15 is 0 Å². The Bertz CT molecular complexity index is 1840. The fraction of sp³-hybridized carbons (Fsp3) is 0. The van der Waals surface area contributed by atoms with Crippen LogP contribution in [0, 0.1) is 0 Å². The summed E-state index contributed by atoms with van der Waals surface area (Å²) in [6.07, 6.45) is 0. The molecule has 0 atom stereocenters. The molecule has 1 N–H and O–H groups in total. The molecule has 1 nitrogen and oxygen atoms in total. The van der Waals surface area contributed by atoms with Crippen molar-refractivity contribution >= 4 is 64.4 Å². The van der Waals surface area contributed by atoms with Crippen LogP contribution in [-0.4, -0.2) is 0 Å². The molecule has 1 aromatic heterocycles. The zero-order chi connectivity index (χ0) is 22.5. The van der Waals surface area contributed by atoms with Crippen molar-refractivity contribution in [1.82, 2.24) is 0 Å². The molecule has 0 saturated carbocycles. The van der Waals surface area contributed by atoms with Gasteiger partial charge in [0.2, 0.25) is 0 Å². The SMILES string of the molecule is c1cc(Nc2ccc3sc4ccc5ccccc5c4c3c2)cc(-c2cccc3ccccc23)c1. The number of nitrogens with one attached hydrogen (secondary N) is 1. The summed E-state index contributed by atoms with van der Waals surface area (Å²) >= 11 is 1.86. The minimum absolute atomic E-state index is 1.09. The Hall–Kier alpha value is -4.14. The van der Waals surface area contributed by atoms with E-state index in [9.17, 15) is 0 Å². The van der Waals surface area contributed by atoms with E-state index in [4.69, 9.17) is 0 Å². The third-order valence-corrected chi connectivity index (χ3v) is 7.75.